The van der Waals surface area contributed by atoms with Crippen LogP contribution in [-0.4, -0.2) is 9.79 Å². The third-order valence-corrected chi connectivity index (χ3v) is 15.9. The Labute approximate surface area is 368 Å². The quantitative estimate of drug-likeness (QED) is 0.195. The molecule has 270 valence electrons. The van der Waals surface area contributed by atoms with E-state index in [0.29, 0.717) is 23.7 Å². The van der Waals surface area contributed by atoms with Crippen LogP contribution in [0.25, 0.3) is 0 Å². The smallest absolute Gasteiger partial charge is 0.790 e. The summed E-state index contributed by atoms with van der Waals surface area (Å²) in [6.07, 6.45) is 3.68. The minimum Gasteiger partial charge on any atom is -0.790 e. The van der Waals surface area contributed by atoms with Crippen LogP contribution in [0.5, 0.6) is 0 Å². The van der Waals surface area contributed by atoms with Crippen LogP contribution >= 0.6 is 15.6 Å². The van der Waals surface area contributed by atoms with Crippen molar-refractivity contribution in [2.75, 3.05) is 0 Å². The molecule has 0 saturated heterocycles. The predicted molar refractivity (Wildman–Crippen MR) is 195 cm³/mol. The second-order valence-corrected chi connectivity index (χ2v) is 19.3. The van der Waals surface area contributed by atoms with Crippen LogP contribution in [0.2, 0.25) is 0 Å². The molecule has 0 aromatic heterocycles. The molecule has 8 aliphatic carbocycles. The molecule has 12 heteroatoms. The van der Waals surface area contributed by atoms with Crippen LogP contribution in [0.15, 0.2) is 72.8 Å². The molecule has 8 bridgehead atoms. The van der Waals surface area contributed by atoms with Crippen LogP contribution in [0.1, 0.15) is 173 Å². The fourth-order valence-corrected chi connectivity index (χ4v) is 14.0. The van der Waals surface area contributed by atoms with Gasteiger partial charge in [0.15, 0.2) is 0 Å². The first kappa shape index (κ1) is 37.3. The fraction of sp³-hybridized carbons (Fsp3) is 0.318. The van der Waals surface area contributed by atoms with Gasteiger partial charge in [-0.1, -0.05) is 72.8 Å². The zero-order valence-electron chi connectivity index (χ0n) is 31.0. The number of fused-ring (bicyclic) bond motifs is 32. The van der Waals surface area contributed by atoms with Crippen molar-refractivity contribution >= 4 is 15.6 Å². The Hall–Kier alpha value is -1.68. The summed E-state index contributed by atoms with van der Waals surface area (Å²) in [4.78, 5) is 44.4. The van der Waals surface area contributed by atoms with Crippen molar-refractivity contribution in [1.29, 1.82) is 0 Å². The molecule has 8 unspecified atom stereocenters. The number of phosphoric ester groups is 2. The van der Waals surface area contributed by atoms with Gasteiger partial charge in [-0.2, -0.15) is 0 Å². The van der Waals surface area contributed by atoms with Crippen molar-refractivity contribution in [3.05, 3.63) is 173 Å². The summed E-state index contributed by atoms with van der Waals surface area (Å²) in [7, 11) is -10.2. The largest absolute Gasteiger partial charge is 1.00 e. The van der Waals surface area contributed by atoms with E-state index in [2.05, 4.69) is 72.8 Å². The maximum absolute atomic E-state index is 12.4. The first-order valence-electron chi connectivity index (χ1n) is 19.1. The van der Waals surface area contributed by atoms with Gasteiger partial charge in [0.2, 0.25) is 0 Å². The predicted octanol–water partition coefficient (Wildman–Crippen LogP) is 1.57. The summed E-state index contributed by atoms with van der Waals surface area (Å²) in [5, 5.41) is 0. The monoisotopic (exact) mass is 798 g/mol. The molecule has 0 fully saturated rings. The molecule has 13 rings (SSSR count). The Bertz CT molecular complexity index is 2390. The molecule has 0 heterocycles. The molecular formula is C44H34Na2O8P2. The van der Waals surface area contributed by atoms with Gasteiger partial charge >= 0.3 is 66.9 Å². The molecule has 56 heavy (non-hydrogen) atoms. The minimum atomic E-state index is -5.32. The first-order valence-corrected chi connectivity index (χ1v) is 22.1. The standard InChI is InChI=1S/C44H36O8P2.2Na/c45-53(46,47)51-17-39-41-35-15-36(32-12-28-24-9-23(27(28)11-31(32)35)19-5-1-2-6-20(19)24)42(41)40(18-52-54(48,49)50)44-38-16-37(43(39)44)33-13-29-25-10-26(30(29)14-34(33)38)22-8-4-3-7-21(22)25;;/h1-8,11-14,23-26,35-38H,9-10,15-18H2,(H2,45,46,47)(H2,48,49,50);;/q;2*+1/p-2. The van der Waals surface area contributed by atoms with Gasteiger partial charge in [-0.15, -0.1) is 0 Å². The Balaban J connectivity index is 0.00000181. The number of hydrogen-bond acceptors (Lipinski definition) is 6. The number of phosphoric acid groups is 2. The van der Waals surface area contributed by atoms with Crippen molar-refractivity contribution in [2.45, 2.75) is 86.2 Å². The average Bonchev–Trinajstić information content (AvgIpc) is 4.02. The molecule has 2 N–H and O–H groups in total. The Morgan fingerprint density at radius 1 is 0.464 bits per heavy atom. The van der Waals surface area contributed by atoms with Crippen molar-refractivity contribution in [3.63, 3.8) is 0 Å². The molecule has 8 atom stereocenters. The van der Waals surface area contributed by atoms with Gasteiger partial charge in [-0.25, -0.2) is 4.57 Å². The molecule has 8 nitrogen and oxygen atoms in total. The molecule has 0 spiro atoms. The Kier molecular flexibility index (Phi) is 8.29. The molecular weight excluding hydrogens is 764 g/mol. The maximum Gasteiger partial charge on any atom is 1.00 e. The second-order valence-electron chi connectivity index (χ2n) is 16.9. The number of rotatable bonds is 6. The van der Waals surface area contributed by atoms with E-state index >= 15 is 0 Å². The van der Waals surface area contributed by atoms with E-state index in [4.69, 9.17) is 9.05 Å². The van der Waals surface area contributed by atoms with Crippen LogP contribution in [0.3, 0.4) is 0 Å². The van der Waals surface area contributed by atoms with Gasteiger partial charge in [0, 0.05) is 47.3 Å². The molecule has 0 saturated carbocycles. The summed E-state index contributed by atoms with van der Waals surface area (Å²) < 4.78 is 35.1. The molecule has 0 aliphatic heterocycles. The Morgan fingerprint density at radius 3 is 1.02 bits per heavy atom. The van der Waals surface area contributed by atoms with Gasteiger partial charge in [-0.05, 0) is 126 Å². The molecule has 0 radical (unpaired) electrons. The van der Waals surface area contributed by atoms with Crippen LogP contribution in [-0.2, 0) is 31.4 Å². The second kappa shape index (κ2) is 12.4. The average molecular weight is 799 g/mol. The van der Waals surface area contributed by atoms with E-state index in [9.17, 15) is 28.7 Å². The first-order chi connectivity index (χ1) is 26.0. The van der Waals surface area contributed by atoms with E-state index < -0.39 is 15.6 Å². The number of benzene rings is 5. The van der Waals surface area contributed by atoms with Gasteiger partial charge in [0.1, 0.15) is 0 Å². The van der Waals surface area contributed by atoms with Crippen molar-refractivity contribution < 1.29 is 96.9 Å². The summed E-state index contributed by atoms with van der Waals surface area (Å²) in [5.41, 5.74) is 21.6. The van der Waals surface area contributed by atoms with Gasteiger partial charge in [-0.3, -0.25) is 4.52 Å². The fourth-order valence-electron chi connectivity index (χ4n) is 13.4. The van der Waals surface area contributed by atoms with Crippen molar-refractivity contribution in [1.82, 2.24) is 0 Å². The summed E-state index contributed by atoms with van der Waals surface area (Å²) >= 11 is 0. The van der Waals surface area contributed by atoms with Gasteiger partial charge in [0.25, 0.3) is 0 Å². The normalized spacial score (nSPS) is 27.5. The van der Waals surface area contributed by atoms with E-state index in [-0.39, 0.29) is 96.0 Å². The SMILES string of the molecule is O=P([O-])([O-])OCc1c2c(c(COP(=O)(O)O)c3c1C1CC3c3cc4c(cc31)C1CC4c3ccccc31)C1CC2c2cc3c(cc21)C1CC3c2ccccc21.[Na+].[Na+]. The van der Waals surface area contributed by atoms with Crippen LogP contribution in [0.4, 0.5) is 0 Å². The third kappa shape index (κ3) is 4.86. The Morgan fingerprint density at radius 2 is 0.732 bits per heavy atom. The third-order valence-electron chi connectivity index (χ3n) is 15.0. The zero-order chi connectivity index (χ0) is 36.2. The van der Waals surface area contributed by atoms with Crippen molar-refractivity contribution in [2.24, 2.45) is 0 Å². The summed E-state index contributed by atoms with van der Waals surface area (Å²) in [6.45, 7) is -0.599. The van der Waals surface area contributed by atoms with Crippen LogP contribution in [0, 0.1) is 0 Å². The summed E-state index contributed by atoms with van der Waals surface area (Å²) in [5.74, 6) is 1.21. The summed E-state index contributed by atoms with van der Waals surface area (Å²) in [6, 6.07) is 27.1. The van der Waals surface area contributed by atoms with E-state index in [1.165, 1.54) is 66.8 Å². The minimum absolute atomic E-state index is 0. The van der Waals surface area contributed by atoms with Gasteiger partial charge in [0.05, 0.1) is 21.0 Å². The van der Waals surface area contributed by atoms with E-state index in [1.807, 2.05) is 0 Å². The molecule has 0 amide bonds. The number of hydrogen-bond donors (Lipinski definition) is 2. The molecule has 5 aromatic rings. The van der Waals surface area contributed by atoms with E-state index in [1.54, 1.807) is 0 Å². The van der Waals surface area contributed by atoms with Gasteiger partial charge < -0.3 is 28.7 Å². The van der Waals surface area contributed by atoms with Crippen LogP contribution < -0.4 is 68.9 Å². The molecule has 5 aromatic carbocycles. The zero-order valence-corrected chi connectivity index (χ0v) is 36.8. The topological polar surface area (TPSA) is 139 Å². The van der Waals surface area contributed by atoms with Crippen molar-refractivity contribution in [3.8, 4) is 0 Å². The van der Waals surface area contributed by atoms with E-state index in [0.717, 1.165) is 59.1 Å². The maximum atomic E-state index is 12.4. The molecule has 8 aliphatic rings.